The zero-order valence-corrected chi connectivity index (χ0v) is 10.7. The van der Waals surface area contributed by atoms with Crippen molar-refractivity contribution in [3.63, 3.8) is 0 Å². The highest BCUT2D eigenvalue weighted by Gasteiger charge is 2.20. The largest absolute Gasteiger partial charge is 0.383 e. The molecule has 0 saturated carbocycles. The summed E-state index contributed by atoms with van der Waals surface area (Å²) in [6.45, 7) is 1.70. The van der Waals surface area contributed by atoms with Crippen molar-refractivity contribution in [1.29, 1.82) is 0 Å². The molecule has 19 heavy (non-hydrogen) atoms. The molecule has 0 bridgehead atoms. The quantitative estimate of drug-likeness (QED) is 0.822. The summed E-state index contributed by atoms with van der Waals surface area (Å²) in [5.41, 5.74) is 0.562. The molecule has 0 amide bonds. The summed E-state index contributed by atoms with van der Waals surface area (Å²) in [5.74, 6) is -2.90. The Hall–Kier alpha value is -1.52. The van der Waals surface area contributed by atoms with Gasteiger partial charge in [-0.15, -0.1) is 0 Å². The van der Waals surface area contributed by atoms with E-state index in [-0.39, 0.29) is 16.1 Å². The van der Waals surface area contributed by atoms with Gasteiger partial charge in [-0.05, 0) is 30.7 Å². The smallest absolute Gasteiger partial charge is 0.160 e. The molecule has 0 spiro atoms. The molecule has 1 unspecified atom stereocenters. The van der Waals surface area contributed by atoms with Gasteiger partial charge in [0.25, 0.3) is 0 Å². The van der Waals surface area contributed by atoms with E-state index in [0.717, 1.165) is 12.1 Å². The lowest BCUT2D eigenvalue weighted by atomic mass is 9.99. The number of rotatable bonds is 2. The van der Waals surface area contributed by atoms with Crippen LogP contribution in [-0.2, 0) is 0 Å². The second-order valence-electron chi connectivity index (χ2n) is 4.22. The zero-order valence-electron chi connectivity index (χ0n) is 9.92. The molecule has 1 nitrogen and oxygen atoms in total. The molecule has 0 aliphatic heterocycles. The first kappa shape index (κ1) is 13.9. The maximum absolute atomic E-state index is 13.7. The Morgan fingerprint density at radius 1 is 0.947 bits per heavy atom. The van der Waals surface area contributed by atoms with Crippen molar-refractivity contribution in [3.8, 4) is 0 Å². The lowest BCUT2D eigenvalue weighted by molar-refractivity contribution is 0.214. The Morgan fingerprint density at radius 3 is 2.21 bits per heavy atom. The third kappa shape index (κ3) is 2.74. The zero-order chi connectivity index (χ0) is 14.2. The standard InChI is InChI=1S/C14H10ClF3O/c1-7-2-3-8(11(16)4-7)14(19)9-5-12(17)13(18)6-10(9)15/h2-6,14,19H,1H3. The van der Waals surface area contributed by atoms with Crippen LogP contribution in [0.2, 0.25) is 5.02 Å². The minimum atomic E-state index is -1.46. The lowest BCUT2D eigenvalue weighted by Gasteiger charge is -2.14. The number of aliphatic hydroxyl groups is 1. The van der Waals surface area contributed by atoms with E-state index in [4.69, 9.17) is 11.6 Å². The molecular formula is C14H10ClF3O. The van der Waals surface area contributed by atoms with Crippen molar-refractivity contribution in [2.45, 2.75) is 13.0 Å². The van der Waals surface area contributed by atoms with Crippen LogP contribution in [0.5, 0.6) is 0 Å². The maximum Gasteiger partial charge on any atom is 0.160 e. The van der Waals surface area contributed by atoms with Crippen molar-refractivity contribution in [3.05, 3.63) is 69.5 Å². The Bertz CT molecular complexity index is 628. The first-order valence-electron chi connectivity index (χ1n) is 5.48. The monoisotopic (exact) mass is 286 g/mol. The molecule has 0 fully saturated rings. The fraction of sp³-hybridized carbons (Fsp3) is 0.143. The summed E-state index contributed by atoms with van der Waals surface area (Å²) in [6, 6.07) is 5.75. The van der Waals surface area contributed by atoms with Crippen LogP contribution in [0.1, 0.15) is 22.8 Å². The second kappa shape index (κ2) is 5.23. The van der Waals surface area contributed by atoms with Crippen LogP contribution in [0.25, 0.3) is 0 Å². The van der Waals surface area contributed by atoms with Gasteiger partial charge in [-0.2, -0.15) is 0 Å². The van der Waals surface area contributed by atoms with Gasteiger partial charge in [-0.1, -0.05) is 23.7 Å². The minimum Gasteiger partial charge on any atom is -0.383 e. The molecule has 0 heterocycles. The number of aliphatic hydroxyl groups excluding tert-OH is 1. The molecule has 1 N–H and O–H groups in total. The molecular weight excluding hydrogens is 277 g/mol. The van der Waals surface area contributed by atoms with Gasteiger partial charge < -0.3 is 5.11 Å². The molecule has 0 aliphatic carbocycles. The summed E-state index contributed by atoms with van der Waals surface area (Å²) < 4.78 is 39.8. The van der Waals surface area contributed by atoms with E-state index < -0.39 is 23.6 Å². The van der Waals surface area contributed by atoms with Crippen LogP contribution < -0.4 is 0 Å². The molecule has 0 radical (unpaired) electrons. The van der Waals surface area contributed by atoms with Gasteiger partial charge in [-0.25, -0.2) is 13.2 Å². The Morgan fingerprint density at radius 2 is 1.58 bits per heavy atom. The second-order valence-corrected chi connectivity index (χ2v) is 4.62. The molecule has 0 aromatic heterocycles. The average Bonchev–Trinajstić information content (AvgIpc) is 2.33. The van der Waals surface area contributed by atoms with E-state index in [2.05, 4.69) is 0 Å². The number of halogens is 4. The van der Waals surface area contributed by atoms with Crippen molar-refractivity contribution in [1.82, 2.24) is 0 Å². The third-order valence-electron chi connectivity index (χ3n) is 2.78. The Labute approximate surface area is 113 Å². The highest BCUT2D eigenvalue weighted by atomic mass is 35.5. The third-order valence-corrected chi connectivity index (χ3v) is 3.11. The fourth-order valence-corrected chi connectivity index (χ4v) is 2.02. The van der Waals surface area contributed by atoms with E-state index in [1.165, 1.54) is 12.1 Å². The Balaban J connectivity index is 2.49. The highest BCUT2D eigenvalue weighted by molar-refractivity contribution is 6.31. The van der Waals surface area contributed by atoms with Gasteiger partial charge >= 0.3 is 0 Å². The highest BCUT2D eigenvalue weighted by Crippen LogP contribution is 2.31. The van der Waals surface area contributed by atoms with E-state index in [9.17, 15) is 18.3 Å². The molecule has 1 atom stereocenters. The van der Waals surface area contributed by atoms with E-state index in [1.807, 2.05) is 0 Å². The van der Waals surface area contributed by atoms with Crippen molar-refractivity contribution >= 4 is 11.6 Å². The molecule has 2 aromatic carbocycles. The van der Waals surface area contributed by atoms with Crippen LogP contribution in [-0.4, -0.2) is 5.11 Å². The van der Waals surface area contributed by atoms with Gasteiger partial charge in [0.05, 0.1) is 0 Å². The number of benzene rings is 2. The number of hydrogen-bond donors (Lipinski definition) is 1. The van der Waals surface area contributed by atoms with Crippen molar-refractivity contribution < 1.29 is 18.3 Å². The maximum atomic E-state index is 13.7. The minimum absolute atomic E-state index is 0.0430. The van der Waals surface area contributed by atoms with Crippen LogP contribution in [0, 0.1) is 24.4 Å². The molecule has 100 valence electrons. The van der Waals surface area contributed by atoms with Gasteiger partial charge in [0.15, 0.2) is 11.6 Å². The van der Waals surface area contributed by atoms with E-state index in [1.54, 1.807) is 13.0 Å². The molecule has 2 aromatic rings. The summed E-state index contributed by atoms with van der Waals surface area (Å²) in [7, 11) is 0. The predicted octanol–water partition coefficient (Wildman–Crippen LogP) is 4.15. The normalized spacial score (nSPS) is 12.5. The summed E-state index contributed by atoms with van der Waals surface area (Å²) >= 11 is 5.74. The van der Waals surface area contributed by atoms with Gasteiger partial charge in [-0.3, -0.25) is 0 Å². The summed E-state index contributed by atoms with van der Waals surface area (Å²) in [6.07, 6.45) is -1.46. The Kier molecular flexibility index (Phi) is 3.83. The summed E-state index contributed by atoms with van der Waals surface area (Å²) in [4.78, 5) is 0. The summed E-state index contributed by atoms with van der Waals surface area (Å²) in [5, 5.41) is 9.89. The van der Waals surface area contributed by atoms with Crippen LogP contribution in [0.15, 0.2) is 30.3 Å². The number of hydrogen-bond acceptors (Lipinski definition) is 1. The van der Waals surface area contributed by atoms with Crippen LogP contribution >= 0.6 is 11.6 Å². The van der Waals surface area contributed by atoms with E-state index >= 15 is 0 Å². The lowest BCUT2D eigenvalue weighted by Crippen LogP contribution is -2.05. The van der Waals surface area contributed by atoms with E-state index in [0.29, 0.717) is 5.56 Å². The first-order chi connectivity index (χ1) is 8.90. The van der Waals surface area contributed by atoms with Crippen molar-refractivity contribution in [2.24, 2.45) is 0 Å². The molecule has 0 aliphatic rings. The SMILES string of the molecule is Cc1ccc(C(O)c2cc(F)c(F)cc2Cl)c(F)c1. The average molecular weight is 287 g/mol. The van der Waals surface area contributed by atoms with Crippen LogP contribution in [0.3, 0.4) is 0 Å². The van der Waals surface area contributed by atoms with Crippen LogP contribution in [0.4, 0.5) is 13.2 Å². The molecule has 2 rings (SSSR count). The number of aryl methyl sites for hydroxylation is 1. The van der Waals surface area contributed by atoms with Gasteiger partial charge in [0.2, 0.25) is 0 Å². The predicted molar refractivity (Wildman–Crippen MR) is 66.6 cm³/mol. The van der Waals surface area contributed by atoms with Gasteiger partial charge in [0.1, 0.15) is 11.9 Å². The fourth-order valence-electron chi connectivity index (χ4n) is 1.77. The molecule has 5 heteroatoms. The topological polar surface area (TPSA) is 20.2 Å². The first-order valence-corrected chi connectivity index (χ1v) is 5.86. The van der Waals surface area contributed by atoms with Crippen molar-refractivity contribution in [2.75, 3.05) is 0 Å². The van der Waals surface area contributed by atoms with Gasteiger partial charge in [0, 0.05) is 16.1 Å². The molecule has 0 saturated heterocycles.